The Kier molecular flexibility index (Phi) is 8.96. The van der Waals surface area contributed by atoms with Crippen molar-refractivity contribution in [3.8, 4) is 16.9 Å². The van der Waals surface area contributed by atoms with Crippen LogP contribution in [0, 0.1) is 22.7 Å². The van der Waals surface area contributed by atoms with E-state index in [1.54, 1.807) is 12.1 Å². The van der Waals surface area contributed by atoms with Gasteiger partial charge in [-0.05, 0) is 84.2 Å². The van der Waals surface area contributed by atoms with Crippen LogP contribution in [0.25, 0.3) is 11.1 Å². The average molecular weight is 584 g/mol. The Balaban J connectivity index is 1.26. The Bertz CT molecular complexity index is 1470. The number of aliphatic hydroxyl groups excluding tert-OH is 1. The number of phenols is 1. The molecule has 4 N–H and O–H groups in total. The maximum absolute atomic E-state index is 14.1. The lowest BCUT2D eigenvalue weighted by Crippen LogP contribution is -2.55. The van der Waals surface area contributed by atoms with Crippen LogP contribution in [0.1, 0.15) is 49.8 Å². The summed E-state index contributed by atoms with van der Waals surface area (Å²) < 4.78 is 5.70. The topological polar surface area (TPSA) is 99.0 Å². The molecule has 0 amide bonds. The minimum Gasteiger partial charge on any atom is -0.508 e. The molecule has 0 unspecified atom stereocenters. The first-order chi connectivity index (χ1) is 20.6. The number of methoxy groups -OCH3 is 1. The monoisotopic (exact) mass is 583 g/mol. The molecule has 0 aromatic heterocycles. The molecule has 0 heterocycles. The Hall–Kier alpha value is -3.29. The van der Waals surface area contributed by atoms with Crippen molar-refractivity contribution in [3.63, 3.8) is 0 Å². The number of rotatable bonds is 13. The lowest BCUT2D eigenvalue weighted by Gasteiger charge is -2.46. The van der Waals surface area contributed by atoms with Gasteiger partial charge in [0.2, 0.25) is 0 Å². The van der Waals surface area contributed by atoms with Crippen LogP contribution in [-0.4, -0.2) is 47.2 Å². The maximum Gasteiger partial charge on any atom is 0.185 e. The van der Waals surface area contributed by atoms with Gasteiger partial charge in [-0.15, -0.1) is 0 Å². The van der Waals surface area contributed by atoms with Gasteiger partial charge in [0.05, 0.1) is 5.41 Å². The normalized spacial score (nSPS) is 25.7. The number of benzene rings is 3. The highest BCUT2D eigenvalue weighted by molar-refractivity contribution is 5.89. The van der Waals surface area contributed by atoms with Crippen LogP contribution in [-0.2, 0) is 28.9 Å². The molecule has 2 aliphatic carbocycles. The van der Waals surface area contributed by atoms with Gasteiger partial charge in [-0.3, -0.25) is 4.79 Å². The highest BCUT2D eigenvalue weighted by atomic mass is 16.6. The standard InChI is InChI=1S/C37H45NO5/c1-25-34-31(24-39)22-36(35(25,2)3,37(34,42)43-4)33(41)16-15-27-12-8-14-29(18-27)30-19-28(20-32(40)21-30)23-38-17-9-13-26-10-6-5-7-11-26/h5-8,10-12,14,18-21,31,34,38-40,42H,1,9,13,15-17,22-24H2,2-4H3/t31-,34+,36+,37+/m0/s1. The van der Waals surface area contributed by atoms with E-state index in [9.17, 15) is 20.1 Å². The Labute approximate surface area is 255 Å². The fourth-order valence-corrected chi connectivity index (χ4v) is 7.88. The lowest BCUT2D eigenvalue weighted by molar-refractivity contribution is -0.253. The number of aryl methyl sites for hydroxylation is 2. The molecule has 2 aliphatic rings. The summed E-state index contributed by atoms with van der Waals surface area (Å²) in [4.78, 5) is 14.1. The molecule has 0 saturated heterocycles. The SMILES string of the molecule is C=C1[C@@H]2[C@H](CO)C[C@@](C(=O)CCc3cccc(-c4cc(O)cc(CNCCCc5ccccc5)c4)c3)(C1(C)C)[C@]2(O)OC. The van der Waals surface area contributed by atoms with E-state index in [4.69, 9.17) is 4.74 Å². The van der Waals surface area contributed by atoms with Crippen molar-refractivity contribution >= 4 is 5.78 Å². The first kappa shape index (κ1) is 31.1. The number of Topliss-reactive ketones (excluding diaryl/α,β-unsaturated/α-hetero) is 1. The number of ketones is 1. The summed E-state index contributed by atoms with van der Waals surface area (Å²) >= 11 is 0. The van der Waals surface area contributed by atoms with Crippen LogP contribution in [0.4, 0.5) is 0 Å². The predicted octanol–water partition coefficient (Wildman–Crippen LogP) is 5.83. The Morgan fingerprint density at radius 3 is 2.42 bits per heavy atom. The number of carbonyl (C=O) groups excluding carboxylic acids is 1. The van der Waals surface area contributed by atoms with Gasteiger partial charge in [0.25, 0.3) is 0 Å². The first-order valence-electron chi connectivity index (χ1n) is 15.3. The third-order valence-electron chi connectivity index (χ3n) is 10.2. The van der Waals surface area contributed by atoms with Crippen molar-refractivity contribution in [3.05, 3.63) is 102 Å². The van der Waals surface area contributed by atoms with E-state index in [2.05, 4.69) is 48.3 Å². The van der Waals surface area contributed by atoms with Gasteiger partial charge < -0.3 is 25.4 Å². The van der Waals surface area contributed by atoms with Crippen LogP contribution in [0.15, 0.2) is 84.9 Å². The van der Waals surface area contributed by atoms with E-state index < -0.39 is 22.5 Å². The molecule has 6 nitrogen and oxygen atoms in total. The Morgan fingerprint density at radius 1 is 0.977 bits per heavy atom. The molecule has 6 heteroatoms. The van der Waals surface area contributed by atoms with Gasteiger partial charge in [-0.25, -0.2) is 0 Å². The molecule has 5 rings (SSSR count). The average Bonchev–Trinajstić information content (AvgIpc) is 3.35. The van der Waals surface area contributed by atoms with Crippen molar-refractivity contribution in [2.45, 2.75) is 58.3 Å². The molecule has 4 atom stereocenters. The minimum absolute atomic E-state index is 0.0650. The third-order valence-corrected chi connectivity index (χ3v) is 10.2. The smallest absolute Gasteiger partial charge is 0.185 e. The number of fused-ring (bicyclic) bond motifs is 2. The summed E-state index contributed by atoms with van der Waals surface area (Å²) in [5.74, 6) is -2.29. The summed E-state index contributed by atoms with van der Waals surface area (Å²) in [5.41, 5.74) is 4.15. The van der Waals surface area contributed by atoms with Crippen molar-refractivity contribution in [1.82, 2.24) is 5.32 Å². The van der Waals surface area contributed by atoms with E-state index in [0.717, 1.165) is 47.2 Å². The number of phenolic OH excluding ortho intramolecular Hbond substituents is 1. The second-order valence-electron chi connectivity index (χ2n) is 12.9. The molecule has 0 radical (unpaired) electrons. The third kappa shape index (κ3) is 5.46. The molecule has 228 valence electrons. The van der Waals surface area contributed by atoms with E-state index in [1.165, 1.54) is 12.7 Å². The van der Waals surface area contributed by atoms with E-state index in [1.807, 2.05) is 38.1 Å². The van der Waals surface area contributed by atoms with Crippen LogP contribution >= 0.6 is 0 Å². The number of nitrogens with one attached hydrogen (secondary N) is 1. The van der Waals surface area contributed by atoms with Crippen LogP contribution in [0.5, 0.6) is 5.75 Å². The number of aromatic hydroxyl groups is 1. The van der Waals surface area contributed by atoms with Gasteiger partial charge in [0.15, 0.2) is 5.79 Å². The van der Waals surface area contributed by atoms with Gasteiger partial charge in [-0.2, -0.15) is 0 Å². The van der Waals surface area contributed by atoms with Crippen molar-refractivity contribution in [2.75, 3.05) is 20.3 Å². The molecule has 2 fully saturated rings. The largest absolute Gasteiger partial charge is 0.508 e. The van der Waals surface area contributed by atoms with Gasteiger partial charge in [0, 0.05) is 38.0 Å². The summed E-state index contributed by atoms with van der Waals surface area (Å²) in [7, 11) is 1.44. The molecule has 2 saturated carbocycles. The zero-order chi connectivity index (χ0) is 30.8. The molecular weight excluding hydrogens is 538 g/mol. The highest BCUT2D eigenvalue weighted by Gasteiger charge is 2.79. The number of carbonyl (C=O) groups is 1. The molecule has 0 spiro atoms. The number of hydrogen-bond donors (Lipinski definition) is 4. The summed E-state index contributed by atoms with van der Waals surface area (Å²) in [5, 5.41) is 35.8. The molecule has 3 aromatic carbocycles. The first-order valence-corrected chi connectivity index (χ1v) is 15.3. The zero-order valence-electron chi connectivity index (χ0n) is 25.6. The molecular formula is C37H45NO5. The Morgan fingerprint density at radius 2 is 1.70 bits per heavy atom. The van der Waals surface area contributed by atoms with Crippen molar-refractivity contribution < 1.29 is 24.9 Å². The summed E-state index contributed by atoms with van der Waals surface area (Å²) in [6.07, 6.45) is 3.16. The van der Waals surface area contributed by atoms with Crippen molar-refractivity contribution in [2.24, 2.45) is 22.7 Å². The van der Waals surface area contributed by atoms with Crippen LogP contribution in [0.3, 0.4) is 0 Å². The molecule has 0 aliphatic heterocycles. The van der Waals surface area contributed by atoms with Crippen molar-refractivity contribution in [1.29, 1.82) is 0 Å². The predicted molar refractivity (Wildman–Crippen MR) is 169 cm³/mol. The van der Waals surface area contributed by atoms with E-state index in [0.29, 0.717) is 19.4 Å². The summed E-state index contributed by atoms with van der Waals surface area (Å²) in [6.45, 7) is 9.58. The molecule has 2 bridgehead atoms. The second kappa shape index (κ2) is 12.4. The van der Waals surface area contributed by atoms with Gasteiger partial charge in [-0.1, -0.05) is 80.6 Å². The maximum atomic E-state index is 14.1. The highest BCUT2D eigenvalue weighted by Crippen LogP contribution is 2.73. The number of ether oxygens (including phenoxy) is 1. The van der Waals surface area contributed by atoms with E-state index >= 15 is 0 Å². The second-order valence-corrected chi connectivity index (χ2v) is 12.9. The lowest BCUT2D eigenvalue weighted by atomic mass is 9.58. The fraction of sp³-hybridized carbons (Fsp3) is 0.432. The number of aliphatic hydroxyl groups is 2. The van der Waals surface area contributed by atoms with Gasteiger partial charge in [0.1, 0.15) is 11.5 Å². The fourth-order valence-electron chi connectivity index (χ4n) is 7.88. The zero-order valence-corrected chi connectivity index (χ0v) is 25.6. The van der Waals surface area contributed by atoms with Gasteiger partial charge >= 0.3 is 0 Å². The van der Waals surface area contributed by atoms with Crippen LogP contribution in [0.2, 0.25) is 0 Å². The van der Waals surface area contributed by atoms with E-state index in [-0.39, 0.29) is 30.5 Å². The minimum atomic E-state index is -1.69. The number of hydrogen-bond acceptors (Lipinski definition) is 6. The molecule has 43 heavy (non-hydrogen) atoms. The van der Waals surface area contributed by atoms with Crippen LogP contribution < -0.4 is 5.32 Å². The summed E-state index contributed by atoms with van der Waals surface area (Å²) in [6, 6.07) is 24.1. The molecule has 3 aromatic rings. The quantitative estimate of drug-likeness (QED) is 0.115.